The third-order valence-electron chi connectivity index (χ3n) is 3.04. The first-order valence-corrected chi connectivity index (χ1v) is 8.85. The first kappa shape index (κ1) is 19.5. The Morgan fingerprint density at radius 1 is 1.12 bits per heavy atom. The molecule has 0 aliphatic rings. The van der Waals surface area contributed by atoms with Crippen molar-refractivity contribution in [1.29, 1.82) is 0 Å². The summed E-state index contributed by atoms with van der Waals surface area (Å²) >= 11 is 15.2. The summed E-state index contributed by atoms with van der Waals surface area (Å²) in [6.07, 6.45) is 1.19. The van der Waals surface area contributed by atoms with Crippen molar-refractivity contribution in [1.82, 2.24) is 0 Å². The van der Waals surface area contributed by atoms with Gasteiger partial charge < -0.3 is 10.1 Å². The Hall–Kier alpha value is -1.82. The highest BCUT2D eigenvalue weighted by atomic mass is 79.9. The van der Waals surface area contributed by atoms with Gasteiger partial charge in [-0.05, 0) is 49.4 Å². The van der Waals surface area contributed by atoms with Crippen LogP contribution in [0.5, 0.6) is 0 Å². The molecule has 0 atom stereocenters. The third kappa shape index (κ3) is 5.88. The molecule has 25 heavy (non-hydrogen) atoms. The smallest absolute Gasteiger partial charge is 0.354 e. The van der Waals surface area contributed by atoms with Gasteiger partial charge in [0.25, 0.3) is 0 Å². The van der Waals surface area contributed by atoms with Crippen LogP contribution in [0, 0.1) is 0 Å². The predicted octanol–water partition coefficient (Wildman–Crippen LogP) is 5.50. The van der Waals surface area contributed by atoms with E-state index in [1.165, 1.54) is 6.08 Å². The molecular formula is C18H14BrCl2NO3. The average Bonchev–Trinajstić information content (AvgIpc) is 2.54. The molecule has 4 nitrogen and oxygen atoms in total. The molecule has 130 valence electrons. The van der Waals surface area contributed by atoms with Crippen LogP contribution < -0.4 is 5.32 Å². The van der Waals surface area contributed by atoms with Crippen LogP contribution in [-0.4, -0.2) is 18.4 Å². The Morgan fingerprint density at radius 2 is 1.72 bits per heavy atom. The first-order chi connectivity index (χ1) is 11.9. The van der Waals surface area contributed by atoms with E-state index >= 15 is 0 Å². The van der Waals surface area contributed by atoms with Gasteiger partial charge in [-0.2, -0.15) is 0 Å². The molecule has 0 aliphatic carbocycles. The number of hydrogen-bond donors (Lipinski definition) is 1. The zero-order valence-electron chi connectivity index (χ0n) is 13.2. The van der Waals surface area contributed by atoms with Crippen molar-refractivity contribution in [3.63, 3.8) is 0 Å². The van der Waals surface area contributed by atoms with E-state index in [4.69, 9.17) is 27.9 Å². The van der Waals surface area contributed by atoms with E-state index < -0.39 is 5.97 Å². The molecule has 2 aromatic rings. The number of halogens is 3. The standard InChI is InChI=1S/C18H14BrCl2NO3/c1-2-25-18(24)16(22-15-8-13(20)7-14(21)9-15)10-17(23)11-3-5-12(19)6-4-11/h3-10,22H,2H2,1H3/b16-10-. The monoisotopic (exact) mass is 441 g/mol. The Balaban J connectivity index is 2.32. The summed E-state index contributed by atoms with van der Waals surface area (Å²) in [4.78, 5) is 24.6. The van der Waals surface area contributed by atoms with Crippen LogP contribution in [-0.2, 0) is 9.53 Å². The van der Waals surface area contributed by atoms with Crippen molar-refractivity contribution in [2.75, 3.05) is 11.9 Å². The van der Waals surface area contributed by atoms with Crippen LogP contribution in [0.15, 0.2) is 58.7 Å². The van der Waals surface area contributed by atoms with E-state index in [1.807, 2.05) is 0 Å². The lowest BCUT2D eigenvalue weighted by Gasteiger charge is -2.11. The molecule has 0 aromatic heterocycles. The molecule has 0 heterocycles. The second-order valence-corrected chi connectivity index (χ2v) is 6.72. The zero-order valence-corrected chi connectivity index (χ0v) is 16.3. The fourth-order valence-corrected chi connectivity index (χ4v) is 2.76. The molecule has 0 saturated heterocycles. The summed E-state index contributed by atoms with van der Waals surface area (Å²) in [6, 6.07) is 11.5. The molecular weight excluding hydrogens is 429 g/mol. The third-order valence-corrected chi connectivity index (χ3v) is 4.01. The highest BCUT2D eigenvalue weighted by Gasteiger charge is 2.15. The van der Waals surface area contributed by atoms with Gasteiger partial charge in [0, 0.05) is 31.8 Å². The van der Waals surface area contributed by atoms with Crippen LogP contribution in [0.1, 0.15) is 17.3 Å². The Bertz CT molecular complexity index is 799. The van der Waals surface area contributed by atoms with Gasteiger partial charge in [0.05, 0.1) is 6.61 Å². The largest absolute Gasteiger partial charge is 0.461 e. The minimum Gasteiger partial charge on any atom is -0.461 e. The maximum absolute atomic E-state index is 12.4. The lowest BCUT2D eigenvalue weighted by atomic mass is 10.1. The molecule has 0 unspecified atom stereocenters. The second-order valence-electron chi connectivity index (χ2n) is 4.93. The Labute approximate surface area is 163 Å². The maximum atomic E-state index is 12.4. The summed E-state index contributed by atoms with van der Waals surface area (Å²) in [6.45, 7) is 1.86. The first-order valence-electron chi connectivity index (χ1n) is 7.31. The van der Waals surface area contributed by atoms with Crippen LogP contribution in [0.25, 0.3) is 0 Å². The zero-order chi connectivity index (χ0) is 18.4. The molecule has 0 fully saturated rings. The number of esters is 1. The molecule has 0 bridgehead atoms. The SMILES string of the molecule is CCOC(=O)/C(=C/C(=O)c1ccc(Br)cc1)Nc1cc(Cl)cc(Cl)c1. The van der Waals surface area contributed by atoms with Crippen molar-refractivity contribution in [2.45, 2.75) is 6.92 Å². The normalized spacial score (nSPS) is 11.1. The molecule has 0 saturated carbocycles. The van der Waals surface area contributed by atoms with E-state index in [2.05, 4.69) is 21.2 Å². The summed E-state index contributed by atoms with van der Waals surface area (Å²) in [5.74, 6) is -0.986. The van der Waals surface area contributed by atoms with Crippen molar-refractivity contribution >= 4 is 56.6 Å². The molecule has 1 N–H and O–H groups in total. The van der Waals surface area contributed by atoms with Gasteiger partial charge >= 0.3 is 5.97 Å². The summed E-state index contributed by atoms with van der Waals surface area (Å²) < 4.78 is 5.85. The number of allylic oxidation sites excluding steroid dienone is 1. The van der Waals surface area contributed by atoms with E-state index in [1.54, 1.807) is 49.4 Å². The topological polar surface area (TPSA) is 55.4 Å². The predicted molar refractivity (Wildman–Crippen MR) is 103 cm³/mol. The van der Waals surface area contributed by atoms with Gasteiger partial charge in [0.1, 0.15) is 5.70 Å². The molecule has 0 aliphatic heterocycles. The molecule has 7 heteroatoms. The van der Waals surface area contributed by atoms with E-state index in [0.717, 1.165) is 4.47 Å². The van der Waals surface area contributed by atoms with Gasteiger partial charge in [-0.25, -0.2) is 4.79 Å². The molecule has 2 aromatic carbocycles. The van der Waals surface area contributed by atoms with E-state index in [-0.39, 0.29) is 18.1 Å². The minimum absolute atomic E-state index is 0.00639. The van der Waals surface area contributed by atoms with Gasteiger partial charge in [0.2, 0.25) is 0 Å². The lowest BCUT2D eigenvalue weighted by Crippen LogP contribution is -2.16. The number of ether oxygens (including phenoxy) is 1. The number of anilines is 1. The van der Waals surface area contributed by atoms with Crippen molar-refractivity contribution in [3.05, 3.63) is 74.3 Å². The van der Waals surface area contributed by atoms with Gasteiger partial charge in [-0.15, -0.1) is 0 Å². The Morgan fingerprint density at radius 3 is 2.28 bits per heavy atom. The van der Waals surface area contributed by atoms with Crippen LogP contribution in [0.3, 0.4) is 0 Å². The number of rotatable bonds is 6. The molecule has 0 spiro atoms. The maximum Gasteiger partial charge on any atom is 0.354 e. The highest BCUT2D eigenvalue weighted by Crippen LogP contribution is 2.24. The molecule has 2 rings (SSSR count). The van der Waals surface area contributed by atoms with Crippen LogP contribution in [0.4, 0.5) is 5.69 Å². The number of carbonyl (C=O) groups excluding carboxylic acids is 2. The van der Waals surface area contributed by atoms with Crippen molar-refractivity contribution in [2.24, 2.45) is 0 Å². The second kappa shape index (κ2) is 9.04. The fraction of sp³-hybridized carbons (Fsp3) is 0.111. The summed E-state index contributed by atoms with van der Waals surface area (Å²) in [7, 11) is 0. The quantitative estimate of drug-likeness (QED) is 0.364. The van der Waals surface area contributed by atoms with Gasteiger partial charge in [-0.3, -0.25) is 4.79 Å². The number of nitrogens with one attached hydrogen (secondary N) is 1. The molecule has 0 radical (unpaired) electrons. The number of benzene rings is 2. The van der Waals surface area contributed by atoms with Crippen molar-refractivity contribution in [3.8, 4) is 0 Å². The Kier molecular flexibility index (Phi) is 7.05. The summed E-state index contributed by atoms with van der Waals surface area (Å²) in [5.41, 5.74) is 0.907. The van der Waals surface area contributed by atoms with Crippen LogP contribution >= 0.6 is 39.1 Å². The van der Waals surface area contributed by atoms with E-state index in [9.17, 15) is 9.59 Å². The van der Waals surface area contributed by atoms with Gasteiger partial charge in [0.15, 0.2) is 5.78 Å². The fourth-order valence-electron chi connectivity index (χ4n) is 1.96. The van der Waals surface area contributed by atoms with Crippen molar-refractivity contribution < 1.29 is 14.3 Å². The molecule has 0 amide bonds. The number of hydrogen-bond acceptors (Lipinski definition) is 4. The van der Waals surface area contributed by atoms with Gasteiger partial charge in [-0.1, -0.05) is 39.1 Å². The minimum atomic E-state index is -0.649. The number of carbonyl (C=O) groups is 2. The summed E-state index contributed by atoms with van der Waals surface area (Å²) in [5, 5.41) is 3.65. The van der Waals surface area contributed by atoms with E-state index in [0.29, 0.717) is 21.3 Å². The van der Waals surface area contributed by atoms with Crippen LogP contribution in [0.2, 0.25) is 10.0 Å². The highest BCUT2D eigenvalue weighted by molar-refractivity contribution is 9.10. The lowest BCUT2D eigenvalue weighted by molar-refractivity contribution is -0.138. The number of ketones is 1. The average molecular weight is 443 g/mol.